The summed E-state index contributed by atoms with van der Waals surface area (Å²) in [5.41, 5.74) is 2.17. The van der Waals surface area contributed by atoms with Crippen molar-refractivity contribution < 1.29 is 14.4 Å². The van der Waals surface area contributed by atoms with Crippen LogP contribution in [-0.4, -0.2) is 21.1 Å². The second-order valence-electron chi connectivity index (χ2n) is 9.35. The maximum atomic E-state index is 13.0. The van der Waals surface area contributed by atoms with E-state index in [-0.39, 0.29) is 22.4 Å². The van der Waals surface area contributed by atoms with Gasteiger partial charge in [-0.3, -0.25) is 9.59 Å². The van der Waals surface area contributed by atoms with Gasteiger partial charge < -0.3 is 4.79 Å². The van der Waals surface area contributed by atoms with E-state index >= 15 is 0 Å². The van der Waals surface area contributed by atoms with Gasteiger partial charge in [-0.25, -0.2) is 0 Å². The van der Waals surface area contributed by atoms with Gasteiger partial charge in [-0.2, -0.15) is 0 Å². The second-order valence-corrected chi connectivity index (χ2v) is 12.9. The highest BCUT2D eigenvalue weighted by Crippen LogP contribution is 2.65. The van der Waals surface area contributed by atoms with Crippen molar-refractivity contribution in [2.24, 2.45) is 28.6 Å². The SMILES string of the molecule is C[C@]12CCC(=O)C=C1CC[C@@H]1[C@@H]2CC[C@]2(C)C(C(=O)C(Br)(Br)C=O)=CC[C@@H]12. The largest absolute Gasteiger partial charge is 0.300 e. The average Bonchev–Trinajstić information content (AvgIpc) is 2.98. The number of Topliss-reactive ketones (excluding diaryl/α,β-unsaturated/α-hetero) is 1. The zero-order valence-electron chi connectivity index (χ0n) is 15.9. The third-order valence-corrected chi connectivity index (χ3v) is 9.33. The Morgan fingerprint density at radius 3 is 2.59 bits per heavy atom. The Morgan fingerprint density at radius 1 is 1.15 bits per heavy atom. The molecule has 4 aliphatic carbocycles. The average molecular weight is 498 g/mol. The molecule has 146 valence electrons. The smallest absolute Gasteiger partial charge is 0.197 e. The van der Waals surface area contributed by atoms with Crippen molar-refractivity contribution >= 4 is 49.7 Å². The van der Waals surface area contributed by atoms with Crippen molar-refractivity contribution in [3.63, 3.8) is 0 Å². The van der Waals surface area contributed by atoms with Crippen molar-refractivity contribution in [1.29, 1.82) is 0 Å². The van der Waals surface area contributed by atoms with E-state index in [2.05, 4.69) is 51.8 Å². The molecule has 2 saturated carbocycles. The molecule has 27 heavy (non-hydrogen) atoms. The van der Waals surface area contributed by atoms with E-state index in [1.54, 1.807) is 0 Å². The van der Waals surface area contributed by atoms with Gasteiger partial charge in [-0.15, -0.1) is 0 Å². The zero-order valence-corrected chi connectivity index (χ0v) is 19.1. The summed E-state index contributed by atoms with van der Waals surface area (Å²) in [6, 6.07) is 0. The van der Waals surface area contributed by atoms with Gasteiger partial charge in [0.1, 0.15) is 0 Å². The molecule has 0 radical (unpaired) electrons. The highest BCUT2D eigenvalue weighted by atomic mass is 79.9. The molecule has 0 heterocycles. The summed E-state index contributed by atoms with van der Waals surface area (Å²) in [5, 5.41) is 0. The van der Waals surface area contributed by atoms with Crippen molar-refractivity contribution in [3.8, 4) is 0 Å². The Labute approximate surface area is 177 Å². The monoisotopic (exact) mass is 496 g/mol. The van der Waals surface area contributed by atoms with Crippen molar-refractivity contribution in [1.82, 2.24) is 0 Å². The highest BCUT2D eigenvalue weighted by Gasteiger charge is 2.58. The van der Waals surface area contributed by atoms with E-state index in [0.717, 1.165) is 44.1 Å². The molecule has 0 spiro atoms. The van der Waals surface area contributed by atoms with E-state index in [9.17, 15) is 14.4 Å². The quantitative estimate of drug-likeness (QED) is 0.301. The highest BCUT2D eigenvalue weighted by molar-refractivity contribution is 9.26. The topological polar surface area (TPSA) is 51.2 Å². The molecular weight excluding hydrogens is 472 g/mol. The number of alkyl halides is 2. The minimum Gasteiger partial charge on any atom is -0.300 e. The van der Waals surface area contributed by atoms with Crippen molar-refractivity contribution in [2.75, 3.05) is 0 Å². The third-order valence-electron chi connectivity index (χ3n) is 8.24. The second kappa shape index (κ2) is 6.48. The number of hydrogen-bond acceptors (Lipinski definition) is 3. The molecule has 2 fully saturated rings. The minimum atomic E-state index is -1.31. The number of allylic oxidation sites excluding steroid dienone is 4. The van der Waals surface area contributed by atoms with Crippen LogP contribution in [-0.2, 0) is 14.4 Å². The number of carbonyl (C=O) groups excluding carboxylic acids is 3. The van der Waals surface area contributed by atoms with E-state index in [0.29, 0.717) is 30.5 Å². The summed E-state index contributed by atoms with van der Waals surface area (Å²) in [4.78, 5) is 36.3. The molecule has 0 unspecified atom stereocenters. The molecule has 0 aliphatic heterocycles. The number of carbonyl (C=O) groups is 3. The van der Waals surface area contributed by atoms with Gasteiger partial charge in [-0.05, 0) is 73.2 Å². The standard InChI is InChI=1S/C22H26Br2O3/c1-20-9-7-14(26)11-13(20)3-4-15-16-5-6-18(19(27)22(23,24)12-25)21(16,2)10-8-17(15)20/h6,11-12,15-17H,3-5,7-10H2,1-2H3/t15-,16-,17-,20-,21-/m0/s1. The molecule has 0 N–H and O–H groups in total. The predicted molar refractivity (Wildman–Crippen MR) is 112 cm³/mol. The van der Waals surface area contributed by atoms with E-state index in [1.165, 1.54) is 5.57 Å². The maximum Gasteiger partial charge on any atom is 0.197 e. The molecule has 5 atom stereocenters. The third kappa shape index (κ3) is 2.82. The zero-order chi connectivity index (χ0) is 19.6. The fourth-order valence-corrected chi connectivity index (χ4v) is 7.14. The van der Waals surface area contributed by atoms with Crippen LogP contribution in [0.1, 0.15) is 58.8 Å². The van der Waals surface area contributed by atoms with Gasteiger partial charge in [-0.1, -0.05) is 57.4 Å². The summed E-state index contributed by atoms with van der Waals surface area (Å²) >= 11 is 6.49. The molecule has 4 aliphatic rings. The van der Waals surface area contributed by atoms with Crippen LogP contribution < -0.4 is 0 Å². The Hall–Kier alpha value is -0.550. The molecule has 0 aromatic carbocycles. The van der Waals surface area contributed by atoms with Crippen LogP contribution in [0, 0.1) is 28.6 Å². The van der Waals surface area contributed by atoms with Crippen molar-refractivity contribution in [2.45, 2.75) is 62.0 Å². The van der Waals surface area contributed by atoms with Gasteiger partial charge in [0.2, 0.25) is 0 Å². The molecule has 0 bridgehead atoms. The number of halogens is 2. The molecule has 0 aromatic heterocycles. The Kier molecular flexibility index (Phi) is 4.74. The molecule has 0 amide bonds. The first kappa shape index (κ1) is 19.8. The molecule has 5 heteroatoms. The van der Waals surface area contributed by atoms with Gasteiger partial charge in [0.05, 0.1) is 0 Å². The first-order valence-electron chi connectivity index (χ1n) is 9.97. The fourth-order valence-electron chi connectivity index (χ4n) is 6.71. The summed E-state index contributed by atoms with van der Waals surface area (Å²) in [7, 11) is 0. The number of hydrogen-bond donors (Lipinski definition) is 0. The Bertz CT molecular complexity index is 780. The number of rotatable bonds is 3. The normalized spacial score (nSPS) is 41.0. The lowest BCUT2D eigenvalue weighted by molar-refractivity contribution is -0.122. The molecule has 4 rings (SSSR count). The van der Waals surface area contributed by atoms with E-state index < -0.39 is 3.23 Å². The summed E-state index contributed by atoms with van der Waals surface area (Å²) in [6.45, 7) is 4.59. The lowest BCUT2D eigenvalue weighted by atomic mass is 9.47. The van der Waals surface area contributed by atoms with Gasteiger partial charge in [0, 0.05) is 12.0 Å². The number of ketones is 2. The van der Waals surface area contributed by atoms with Crippen LogP contribution in [0.2, 0.25) is 0 Å². The Balaban J connectivity index is 1.64. The summed E-state index contributed by atoms with van der Waals surface area (Å²) in [6.07, 6.45) is 11.4. The first-order valence-corrected chi connectivity index (χ1v) is 11.6. The van der Waals surface area contributed by atoms with Crippen LogP contribution in [0.25, 0.3) is 0 Å². The van der Waals surface area contributed by atoms with Gasteiger partial charge >= 0.3 is 0 Å². The van der Waals surface area contributed by atoms with Crippen LogP contribution in [0.4, 0.5) is 0 Å². The van der Waals surface area contributed by atoms with Gasteiger partial charge in [0.25, 0.3) is 0 Å². The fraction of sp³-hybridized carbons (Fsp3) is 0.682. The molecular formula is C22H26Br2O3. The summed E-state index contributed by atoms with van der Waals surface area (Å²) in [5.74, 6) is 1.77. The minimum absolute atomic E-state index is 0.141. The molecule has 0 aromatic rings. The number of fused-ring (bicyclic) bond motifs is 5. The lowest BCUT2D eigenvalue weighted by Gasteiger charge is -2.57. The van der Waals surface area contributed by atoms with E-state index in [1.807, 2.05) is 6.08 Å². The van der Waals surface area contributed by atoms with Crippen LogP contribution in [0.15, 0.2) is 23.3 Å². The lowest BCUT2D eigenvalue weighted by Crippen LogP contribution is -2.51. The van der Waals surface area contributed by atoms with Crippen LogP contribution in [0.3, 0.4) is 0 Å². The number of aldehydes is 1. The van der Waals surface area contributed by atoms with Crippen LogP contribution >= 0.6 is 31.9 Å². The molecule has 3 nitrogen and oxygen atoms in total. The maximum absolute atomic E-state index is 13.0. The molecule has 0 saturated heterocycles. The first-order chi connectivity index (χ1) is 12.6. The van der Waals surface area contributed by atoms with E-state index in [4.69, 9.17) is 0 Å². The van der Waals surface area contributed by atoms with Crippen molar-refractivity contribution in [3.05, 3.63) is 23.3 Å². The van der Waals surface area contributed by atoms with Crippen LogP contribution in [0.5, 0.6) is 0 Å². The summed E-state index contributed by atoms with van der Waals surface area (Å²) < 4.78 is -1.31. The van der Waals surface area contributed by atoms with Gasteiger partial charge in [0.15, 0.2) is 21.1 Å². The predicted octanol–water partition coefficient (Wildman–Crippen LogP) is 5.31. The Morgan fingerprint density at radius 2 is 1.89 bits per heavy atom.